The van der Waals surface area contributed by atoms with Gasteiger partial charge in [0.25, 0.3) is 5.91 Å². The maximum Gasteiger partial charge on any atom is 0.263 e. The van der Waals surface area contributed by atoms with Gasteiger partial charge < -0.3 is 0 Å². The highest BCUT2D eigenvalue weighted by Gasteiger charge is 2.43. The second kappa shape index (κ2) is 1.96. The molecule has 2 rings (SSSR count). The molecule has 0 aliphatic carbocycles. The Hall–Kier alpha value is -1.06. The maximum atomic E-state index is 11.1. The smallest absolute Gasteiger partial charge is 0.263 e. The van der Waals surface area contributed by atoms with Crippen LogP contribution in [0.2, 0.25) is 0 Å². The summed E-state index contributed by atoms with van der Waals surface area (Å²) in [6.07, 6.45) is 1.39. The summed E-state index contributed by atoms with van der Waals surface area (Å²) in [5, 5.41) is 3.10. The average Bonchev–Trinajstić information content (AvgIpc) is 1.93. The van der Waals surface area contributed by atoms with Gasteiger partial charge in [-0.1, -0.05) is 0 Å². The van der Waals surface area contributed by atoms with Gasteiger partial charge in [-0.3, -0.25) is 9.59 Å². The van der Waals surface area contributed by atoms with Crippen molar-refractivity contribution >= 4 is 11.8 Å². The molecule has 2 fully saturated rings. The monoisotopic (exact) mass is 154 g/mol. The van der Waals surface area contributed by atoms with E-state index in [-0.39, 0.29) is 17.9 Å². The molecule has 2 saturated heterocycles. The summed E-state index contributed by atoms with van der Waals surface area (Å²) < 4.78 is 0. The molecule has 2 aliphatic heterocycles. The van der Waals surface area contributed by atoms with Crippen LogP contribution >= 0.6 is 0 Å². The number of carbonyl (C=O) groups excluding carboxylic acids is 2. The number of amides is 2. The zero-order chi connectivity index (χ0) is 8.01. The van der Waals surface area contributed by atoms with Gasteiger partial charge in [0.05, 0.1) is 6.04 Å². The Morgan fingerprint density at radius 3 is 2.64 bits per heavy atom. The molecule has 60 valence electrons. The van der Waals surface area contributed by atoms with Crippen LogP contribution in [0.1, 0.15) is 19.8 Å². The summed E-state index contributed by atoms with van der Waals surface area (Å²) in [6, 6.07) is 0.217. The lowest BCUT2D eigenvalue weighted by atomic mass is 10.1. The molecule has 0 saturated carbocycles. The van der Waals surface area contributed by atoms with Gasteiger partial charge in [0.1, 0.15) is 6.54 Å². The molecule has 0 aromatic rings. The highest BCUT2D eigenvalue weighted by molar-refractivity contribution is 5.93. The van der Waals surface area contributed by atoms with Gasteiger partial charge in [-0.05, 0) is 13.3 Å². The van der Waals surface area contributed by atoms with Crippen LogP contribution in [0.15, 0.2) is 0 Å². The van der Waals surface area contributed by atoms with E-state index in [1.807, 2.05) is 6.92 Å². The van der Waals surface area contributed by atoms with Gasteiger partial charge in [0, 0.05) is 6.42 Å². The van der Waals surface area contributed by atoms with Crippen molar-refractivity contribution in [2.75, 3.05) is 6.54 Å². The summed E-state index contributed by atoms with van der Waals surface area (Å²) in [5.41, 5.74) is 0. The highest BCUT2D eigenvalue weighted by Crippen LogP contribution is 2.25. The van der Waals surface area contributed by atoms with E-state index in [0.717, 1.165) is 6.42 Å². The molecular formula is C7H10N2O2. The number of hydrogen-bond donors (Lipinski definition) is 0. The van der Waals surface area contributed by atoms with Crippen molar-refractivity contribution < 1.29 is 9.59 Å². The molecule has 4 nitrogen and oxygen atoms in total. The van der Waals surface area contributed by atoms with Crippen molar-refractivity contribution in [2.24, 2.45) is 0 Å². The van der Waals surface area contributed by atoms with Crippen molar-refractivity contribution in [2.45, 2.75) is 25.8 Å². The Labute approximate surface area is 64.7 Å². The normalized spacial score (nSPS) is 30.1. The van der Waals surface area contributed by atoms with Crippen molar-refractivity contribution in [3.63, 3.8) is 0 Å². The second-order valence-electron chi connectivity index (χ2n) is 3.08. The first kappa shape index (κ1) is 6.64. The Kier molecular flexibility index (Phi) is 1.19. The van der Waals surface area contributed by atoms with Crippen LogP contribution < -0.4 is 0 Å². The quantitative estimate of drug-likeness (QED) is 0.483. The van der Waals surface area contributed by atoms with Crippen LogP contribution in [0, 0.1) is 0 Å². The molecular weight excluding hydrogens is 144 g/mol. The fraction of sp³-hybridized carbons (Fsp3) is 0.714. The number of hydrazine groups is 1. The van der Waals surface area contributed by atoms with E-state index in [0.29, 0.717) is 13.0 Å². The van der Waals surface area contributed by atoms with Crippen LogP contribution in [0.5, 0.6) is 0 Å². The van der Waals surface area contributed by atoms with Crippen molar-refractivity contribution in [3.8, 4) is 0 Å². The number of nitrogens with zero attached hydrogens (tertiary/aromatic N) is 2. The summed E-state index contributed by atoms with van der Waals surface area (Å²) in [5.74, 6) is 0.160. The average molecular weight is 154 g/mol. The molecule has 2 heterocycles. The number of hydrogen-bond acceptors (Lipinski definition) is 2. The predicted octanol–water partition coefficient (Wildman–Crippen LogP) is -0.246. The van der Waals surface area contributed by atoms with Crippen LogP contribution in [0.3, 0.4) is 0 Å². The fourth-order valence-electron chi connectivity index (χ4n) is 1.61. The van der Waals surface area contributed by atoms with Crippen molar-refractivity contribution in [1.82, 2.24) is 10.0 Å². The second-order valence-corrected chi connectivity index (χ2v) is 3.08. The molecule has 4 heteroatoms. The third-order valence-corrected chi connectivity index (χ3v) is 2.28. The molecule has 0 bridgehead atoms. The Morgan fingerprint density at radius 2 is 2.09 bits per heavy atom. The minimum Gasteiger partial charge on any atom is -0.273 e. The minimum atomic E-state index is 0.0746. The van der Waals surface area contributed by atoms with Crippen molar-refractivity contribution in [3.05, 3.63) is 0 Å². The van der Waals surface area contributed by atoms with E-state index in [1.54, 1.807) is 5.01 Å². The lowest BCUT2D eigenvalue weighted by Gasteiger charge is -2.49. The minimum absolute atomic E-state index is 0.0746. The van der Waals surface area contributed by atoms with Gasteiger partial charge in [0.2, 0.25) is 5.91 Å². The summed E-state index contributed by atoms with van der Waals surface area (Å²) >= 11 is 0. The van der Waals surface area contributed by atoms with E-state index in [9.17, 15) is 9.59 Å². The Bertz CT molecular complexity index is 226. The fourth-order valence-corrected chi connectivity index (χ4v) is 1.61. The molecule has 0 aromatic carbocycles. The van der Waals surface area contributed by atoms with Crippen LogP contribution in [-0.2, 0) is 9.59 Å². The molecule has 2 aliphatic rings. The van der Waals surface area contributed by atoms with Gasteiger partial charge in [-0.25, -0.2) is 10.0 Å². The number of carbonyl (C=O) groups is 2. The zero-order valence-electron chi connectivity index (χ0n) is 6.41. The molecule has 0 radical (unpaired) electrons. The topological polar surface area (TPSA) is 40.6 Å². The van der Waals surface area contributed by atoms with Crippen LogP contribution in [0.25, 0.3) is 0 Å². The first-order valence-corrected chi connectivity index (χ1v) is 3.82. The van der Waals surface area contributed by atoms with Gasteiger partial charge in [-0.2, -0.15) is 0 Å². The Morgan fingerprint density at radius 1 is 1.36 bits per heavy atom. The van der Waals surface area contributed by atoms with Crippen LogP contribution in [0.4, 0.5) is 0 Å². The van der Waals surface area contributed by atoms with Gasteiger partial charge in [0.15, 0.2) is 0 Å². The van der Waals surface area contributed by atoms with E-state index in [1.165, 1.54) is 5.01 Å². The SMILES string of the molecule is CC1CCC(=O)N2CC(=O)N12. The van der Waals surface area contributed by atoms with Crippen LogP contribution in [-0.4, -0.2) is 34.4 Å². The van der Waals surface area contributed by atoms with Crippen molar-refractivity contribution in [1.29, 1.82) is 0 Å². The third kappa shape index (κ3) is 0.751. The molecule has 2 amide bonds. The standard InChI is InChI=1S/C7H10N2O2/c1-5-2-3-6(10)8-4-7(11)9(5)8/h5H,2-4H2,1H3. The van der Waals surface area contributed by atoms with E-state index < -0.39 is 0 Å². The zero-order valence-corrected chi connectivity index (χ0v) is 6.41. The highest BCUT2D eigenvalue weighted by atomic mass is 16.2. The first-order valence-electron chi connectivity index (χ1n) is 3.82. The third-order valence-electron chi connectivity index (χ3n) is 2.28. The summed E-state index contributed by atoms with van der Waals surface area (Å²) in [7, 11) is 0. The van der Waals surface area contributed by atoms with E-state index >= 15 is 0 Å². The molecule has 1 atom stereocenters. The summed E-state index contributed by atoms with van der Waals surface area (Å²) in [4.78, 5) is 22.0. The molecule has 11 heavy (non-hydrogen) atoms. The lowest BCUT2D eigenvalue weighted by molar-refractivity contribution is -0.199. The van der Waals surface area contributed by atoms with Gasteiger partial charge in [-0.15, -0.1) is 0 Å². The summed E-state index contributed by atoms with van der Waals surface area (Å²) in [6.45, 7) is 2.26. The maximum absolute atomic E-state index is 11.1. The largest absolute Gasteiger partial charge is 0.273 e. The molecule has 1 unspecified atom stereocenters. The van der Waals surface area contributed by atoms with E-state index in [2.05, 4.69) is 0 Å². The predicted molar refractivity (Wildman–Crippen MR) is 37.3 cm³/mol. The molecule has 0 N–H and O–H groups in total. The number of fused-ring (bicyclic) bond motifs is 1. The molecule has 0 spiro atoms. The van der Waals surface area contributed by atoms with E-state index in [4.69, 9.17) is 0 Å². The Balaban J connectivity index is 2.17. The van der Waals surface area contributed by atoms with Gasteiger partial charge >= 0.3 is 0 Å². The number of rotatable bonds is 0. The first-order chi connectivity index (χ1) is 5.20. The molecule has 0 aromatic heterocycles. The lowest BCUT2D eigenvalue weighted by Crippen LogP contribution is -2.68.